The number of hydrazone groups is 1. The molecule has 1 amide bonds. The first kappa shape index (κ1) is 14.3. The maximum Gasteiger partial charge on any atom is 0.278 e. The average molecular weight is 287 g/mol. The van der Waals surface area contributed by atoms with Crippen LogP contribution in [0.4, 0.5) is 10.1 Å². The van der Waals surface area contributed by atoms with Crippen LogP contribution in [0, 0.1) is 15.9 Å². The smallest absolute Gasteiger partial charge is 0.267 e. The van der Waals surface area contributed by atoms with Crippen molar-refractivity contribution in [3.8, 4) is 0 Å². The molecule has 1 N–H and O–H groups in total. The van der Waals surface area contributed by atoms with E-state index in [4.69, 9.17) is 0 Å². The Morgan fingerprint density at radius 3 is 2.52 bits per heavy atom. The van der Waals surface area contributed by atoms with Crippen molar-refractivity contribution in [1.29, 1.82) is 0 Å². The van der Waals surface area contributed by atoms with Crippen molar-refractivity contribution in [2.45, 2.75) is 0 Å². The molecule has 0 unspecified atom stereocenters. The fraction of sp³-hybridized carbons (Fsp3) is 0. The van der Waals surface area contributed by atoms with Crippen molar-refractivity contribution in [3.05, 3.63) is 75.6 Å². The van der Waals surface area contributed by atoms with Gasteiger partial charge >= 0.3 is 0 Å². The van der Waals surface area contributed by atoms with Crippen LogP contribution in [-0.4, -0.2) is 17.0 Å². The summed E-state index contributed by atoms with van der Waals surface area (Å²) in [5.41, 5.74) is 2.60. The molecule has 2 aromatic carbocycles. The molecule has 0 heterocycles. The summed E-state index contributed by atoms with van der Waals surface area (Å²) >= 11 is 0. The van der Waals surface area contributed by atoms with Crippen LogP contribution in [0.1, 0.15) is 15.9 Å². The van der Waals surface area contributed by atoms with E-state index in [1.54, 1.807) is 6.07 Å². The van der Waals surface area contributed by atoms with Crippen LogP contribution in [0.2, 0.25) is 0 Å². The third kappa shape index (κ3) is 3.69. The molecule has 0 aliphatic rings. The lowest BCUT2D eigenvalue weighted by molar-refractivity contribution is -0.385. The number of benzene rings is 2. The second-order valence-electron chi connectivity index (χ2n) is 4.02. The van der Waals surface area contributed by atoms with Gasteiger partial charge in [0.25, 0.3) is 11.6 Å². The number of amides is 1. The van der Waals surface area contributed by atoms with Crippen LogP contribution in [0.5, 0.6) is 0 Å². The first-order chi connectivity index (χ1) is 10.1. The fourth-order valence-corrected chi connectivity index (χ4v) is 1.59. The summed E-state index contributed by atoms with van der Waals surface area (Å²) in [6.45, 7) is 0. The Morgan fingerprint density at radius 1 is 1.19 bits per heavy atom. The van der Waals surface area contributed by atoms with Crippen LogP contribution in [0.15, 0.2) is 53.6 Å². The van der Waals surface area contributed by atoms with E-state index in [-0.39, 0.29) is 16.8 Å². The van der Waals surface area contributed by atoms with Gasteiger partial charge in [0.05, 0.1) is 16.7 Å². The molecular weight excluding hydrogens is 277 g/mol. The Kier molecular flexibility index (Phi) is 4.35. The van der Waals surface area contributed by atoms with Gasteiger partial charge < -0.3 is 0 Å². The molecule has 0 aliphatic heterocycles. The van der Waals surface area contributed by atoms with Gasteiger partial charge in [-0.25, -0.2) is 9.82 Å². The van der Waals surface area contributed by atoms with E-state index < -0.39 is 16.6 Å². The Bertz CT molecular complexity index is 699. The number of nitro groups is 1. The number of rotatable bonds is 4. The van der Waals surface area contributed by atoms with Crippen molar-refractivity contribution >= 4 is 17.8 Å². The van der Waals surface area contributed by atoms with Crippen molar-refractivity contribution in [3.63, 3.8) is 0 Å². The zero-order chi connectivity index (χ0) is 15.2. The largest absolute Gasteiger partial charge is 0.278 e. The van der Waals surface area contributed by atoms with E-state index in [1.807, 2.05) is 0 Å². The quantitative estimate of drug-likeness (QED) is 0.532. The third-order valence-corrected chi connectivity index (χ3v) is 2.61. The van der Waals surface area contributed by atoms with Gasteiger partial charge in [0, 0.05) is 11.6 Å². The zero-order valence-electron chi connectivity index (χ0n) is 10.7. The van der Waals surface area contributed by atoms with Crippen LogP contribution < -0.4 is 5.43 Å². The minimum atomic E-state index is -0.539. The predicted molar refractivity (Wildman–Crippen MR) is 74.6 cm³/mol. The number of halogens is 1. The predicted octanol–water partition coefficient (Wildman–Crippen LogP) is 2.50. The highest BCUT2D eigenvalue weighted by atomic mass is 19.1. The Labute approximate surface area is 119 Å². The van der Waals surface area contributed by atoms with Crippen LogP contribution in [0.25, 0.3) is 0 Å². The van der Waals surface area contributed by atoms with E-state index >= 15 is 0 Å². The standard InChI is InChI=1S/C14H10FN3O3/c15-12-7-5-10(6-8-12)14(19)17-16-9-11-3-1-2-4-13(11)18(20)21/h1-9H,(H,17,19)/b16-9-. The maximum absolute atomic E-state index is 12.7. The highest BCUT2D eigenvalue weighted by Gasteiger charge is 2.10. The van der Waals surface area contributed by atoms with Gasteiger partial charge in [-0.05, 0) is 30.3 Å². The molecule has 7 heteroatoms. The Morgan fingerprint density at radius 2 is 1.86 bits per heavy atom. The Hall–Kier alpha value is -3.09. The van der Waals surface area contributed by atoms with Gasteiger partial charge in [-0.1, -0.05) is 12.1 Å². The number of carbonyl (C=O) groups excluding carboxylic acids is 1. The number of nitrogens with one attached hydrogen (secondary N) is 1. The lowest BCUT2D eigenvalue weighted by atomic mass is 10.2. The molecule has 0 fully saturated rings. The second kappa shape index (κ2) is 6.38. The van der Waals surface area contributed by atoms with Crippen LogP contribution in [-0.2, 0) is 0 Å². The van der Waals surface area contributed by atoms with Gasteiger partial charge in [-0.2, -0.15) is 5.10 Å². The molecule has 0 bridgehead atoms. The topological polar surface area (TPSA) is 84.6 Å². The molecule has 2 rings (SSSR count). The van der Waals surface area contributed by atoms with Crippen LogP contribution in [0.3, 0.4) is 0 Å². The lowest BCUT2D eigenvalue weighted by Gasteiger charge is -2.00. The molecule has 6 nitrogen and oxygen atoms in total. The summed E-state index contributed by atoms with van der Waals surface area (Å²) in [7, 11) is 0. The van der Waals surface area contributed by atoms with Crippen LogP contribution >= 0.6 is 0 Å². The molecule has 0 atom stereocenters. The number of carbonyl (C=O) groups is 1. The zero-order valence-corrected chi connectivity index (χ0v) is 10.7. The van der Waals surface area contributed by atoms with Crippen molar-refractivity contribution in [2.75, 3.05) is 0 Å². The molecule has 21 heavy (non-hydrogen) atoms. The van der Waals surface area contributed by atoms with Crippen molar-refractivity contribution < 1.29 is 14.1 Å². The minimum absolute atomic E-state index is 0.114. The van der Waals surface area contributed by atoms with E-state index in [0.717, 1.165) is 12.1 Å². The normalized spacial score (nSPS) is 10.5. The summed E-state index contributed by atoms with van der Waals surface area (Å²) < 4.78 is 12.7. The van der Waals surface area contributed by atoms with Crippen molar-refractivity contribution in [2.24, 2.45) is 5.10 Å². The van der Waals surface area contributed by atoms with Crippen molar-refractivity contribution in [1.82, 2.24) is 5.43 Å². The monoisotopic (exact) mass is 287 g/mol. The summed E-state index contributed by atoms with van der Waals surface area (Å²) in [5, 5.41) is 14.5. The van der Waals surface area contributed by atoms with Gasteiger partial charge in [-0.3, -0.25) is 14.9 Å². The average Bonchev–Trinajstić information content (AvgIpc) is 2.48. The van der Waals surface area contributed by atoms with E-state index in [0.29, 0.717) is 0 Å². The first-order valence-electron chi connectivity index (χ1n) is 5.90. The van der Waals surface area contributed by atoms with Gasteiger partial charge in [0.2, 0.25) is 0 Å². The summed E-state index contributed by atoms with van der Waals surface area (Å²) in [5.74, 6) is -0.986. The van der Waals surface area contributed by atoms with E-state index in [9.17, 15) is 19.3 Å². The highest BCUT2D eigenvalue weighted by Crippen LogP contribution is 2.15. The molecule has 0 radical (unpaired) electrons. The molecule has 0 spiro atoms. The maximum atomic E-state index is 12.7. The lowest BCUT2D eigenvalue weighted by Crippen LogP contribution is -2.17. The fourth-order valence-electron chi connectivity index (χ4n) is 1.59. The molecule has 2 aromatic rings. The summed E-state index contributed by atoms with van der Waals surface area (Å²) in [4.78, 5) is 21.9. The molecule has 0 saturated carbocycles. The number of hydrogen-bond donors (Lipinski definition) is 1. The second-order valence-corrected chi connectivity index (χ2v) is 4.02. The Balaban J connectivity index is 2.07. The van der Waals surface area contributed by atoms with Gasteiger partial charge in [0.15, 0.2) is 0 Å². The molecular formula is C14H10FN3O3. The number of nitro benzene ring substituents is 1. The van der Waals surface area contributed by atoms with Gasteiger partial charge in [0.1, 0.15) is 5.82 Å². The highest BCUT2D eigenvalue weighted by molar-refractivity contribution is 5.95. The molecule has 106 valence electrons. The molecule has 0 aromatic heterocycles. The summed E-state index contributed by atoms with van der Waals surface area (Å²) in [6, 6.07) is 10.9. The number of para-hydroxylation sites is 1. The number of hydrogen-bond acceptors (Lipinski definition) is 4. The third-order valence-electron chi connectivity index (χ3n) is 2.61. The van der Waals surface area contributed by atoms with E-state index in [2.05, 4.69) is 10.5 Å². The number of nitrogens with zero attached hydrogens (tertiary/aromatic N) is 2. The SMILES string of the molecule is O=C(N/N=C\c1ccccc1[N+](=O)[O-])c1ccc(F)cc1. The molecule has 0 saturated heterocycles. The minimum Gasteiger partial charge on any atom is -0.267 e. The molecule has 0 aliphatic carbocycles. The summed E-state index contributed by atoms with van der Waals surface area (Å²) in [6.07, 6.45) is 1.18. The van der Waals surface area contributed by atoms with Gasteiger partial charge in [-0.15, -0.1) is 0 Å². The van der Waals surface area contributed by atoms with E-state index in [1.165, 1.54) is 36.5 Å². The first-order valence-corrected chi connectivity index (χ1v) is 5.90.